The predicted octanol–water partition coefficient (Wildman–Crippen LogP) is 3.25. The van der Waals surface area contributed by atoms with Crippen LogP contribution < -0.4 is 0 Å². The Kier molecular flexibility index (Phi) is 8.08. The summed E-state index contributed by atoms with van der Waals surface area (Å²) in [7, 11) is 0. The van der Waals surface area contributed by atoms with Crippen molar-refractivity contribution in [2.45, 2.75) is 72.7 Å². The van der Waals surface area contributed by atoms with Crippen molar-refractivity contribution in [1.82, 2.24) is 0 Å². The number of hydrogen-bond donors (Lipinski definition) is 1. The van der Waals surface area contributed by atoms with Gasteiger partial charge < -0.3 is 14.6 Å². The highest BCUT2D eigenvalue weighted by Crippen LogP contribution is 2.30. The molecule has 0 fully saturated rings. The molecule has 0 aromatic heterocycles. The zero-order valence-electron chi connectivity index (χ0n) is 13.2. The van der Waals surface area contributed by atoms with Crippen LogP contribution in [0.3, 0.4) is 0 Å². The van der Waals surface area contributed by atoms with E-state index in [4.69, 9.17) is 14.6 Å². The third kappa shape index (κ3) is 6.72. The van der Waals surface area contributed by atoms with Crippen molar-refractivity contribution in [3.63, 3.8) is 0 Å². The first-order chi connectivity index (χ1) is 8.21. The minimum Gasteiger partial charge on any atom is -0.394 e. The van der Waals surface area contributed by atoms with E-state index in [1.165, 1.54) is 0 Å². The molecule has 3 unspecified atom stereocenters. The summed E-state index contributed by atoms with van der Waals surface area (Å²) < 4.78 is 11.7. The molecule has 1 N–H and O–H groups in total. The Morgan fingerprint density at radius 2 is 1.56 bits per heavy atom. The summed E-state index contributed by atoms with van der Waals surface area (Å²) in [5, 5.41) is 8.92. The van der Waals surface area contributed by atoms with Crippen LogP contribution in [0.15, 0.2) is 0 Å². The molecule has 0 aliphatic rings. The quantitative estimate of drug-likeness (QED) is 0.691. The van der Waals surface area contributed by atoms with Gasteiger partial charge in [-0.15, -0.1) is 0 Å². The van der Waals surface area contributed by atoms with Gasteiger partial charge in [-0.2, -0.15) is 0 Å². The normalized spacial score (nSPS) is 19.0. The lowest BCUT2D eigenvalue weighted by molar-refractivity contribution is -0.141. The van der Waals surface area contributed by atoms with Crippen molar-refractivity contribution in [2.75, 3.05) is 13.2 Å². The van der Waals surface area contributed by atoms with Gasteiger partial charge in [-0.1, -0.05) is 27.7 Å². The fourth-order valence-electron chi connectivity index (χ4n) is 2.08. The van der Waals surface area contributed by atoms with Crippen molar-refractivity contribution in [2.24, 2.45) is 11.8 Å². The summed E-state index contributed by atoms with van der Waals surface area (Å²) in [6.07, 6.45) is 0.974. The summed E-state index contributed by atoms with van der Waals surface area (Å²) in [6, 6.07) is 0. The van der Waals surface area contributed by atoms with Crippen LogP contribution in [0.1, 0.15) is 54.9 Å². The summed E-state index contributed by atoms with van der Waals surface area (Å²) >= 11 is 0. The maximum atomic E-state index is 8.92. The summed E-state index contributed by atoms with van der Waals surface area (Å²) in [4.78, 5) is 0. The first kappa shape index (κ1) is 17.9. The van der Waals surface area contributed by atoms with Crippen LogP contribution in [-0.2, 0) is 9.47 Å². The van der Waals surface area contributed by atoms with Crippen molar-refractivity contribution >= 4 is 0 Å². The zero-order chi connectivity index (χ0) is 14.3. The van der Waals surface area contributed by atoms with Gasteiger partial charge in [0.15, 0.2) is 0 Å². The van der Waals surface area contributed by atoms with Gasteiger partial charge in [0.2, 0.25) is 0 Å². The number of ether oxygens (including phenoxy) is 2. The van der Waals surface area contributed by atoms with Crippen molar-refractivity contribution < 1.29 is 14.6 Å². The van der Waals surface area contributed by atoms with Gasteiger partial charge in [0.05, 0.1) is 31.0 Å². The monoisotopic (exact) mass is 260 g/mol. The van der Waals surface area contributed by atoms with E-state index in [9.17, 15) is 0 Å². The van der Waals surface area contributed by atoms with Gasteiger partial charge in [0.1, 0.15) is 0 Å². The molecule has 3 atom stereocenters. The van der Waals surface area contributed by atoms with E-state index in [1.54, 1.807) is 0 Å². The Labute approximate surface area is 113 Å². The Hall–Kier alpha value is -0.120. The van der Waals surface area contributed by atoms with Crippen LogP contribution in [0.2, 0.25) is 0 Å². The van der Waals surface area contributed by atoms with E-state index >= 15 is 0 Å². The maximum Gasteiger partial charge on any atom is 0.0788 e. The van der Waals surface area contributed by atoms with E-state index in [0.717, 1.165) is 6.42 Å². The average molecular weight is 260 g/mol. The van der Waals surface area contributed by atoms with Gasteiger partial charge in [0, 0.05) is 0 Å². The first-order valence-corrected chi connectivity index (χ1v) is 7.11. The third-order valence-corrected chi connectivity index (χ3v) is 3.38. The molecule has 0 bridgehead atoms. The van der Waals surface area contributed by atoms with Crippen LogP contribution in [0.25, 0.3) is 0 Å². The average Bonchev–Trinajstić information content (AvgIpc) is 2.24. The topological polar surface area (TPSA) is 38.7 Å². The summed E-state index contributed by atoms with van der Waals surface area (Å²) in [5.41, 5.74) is -0.112. The number of aliphatic hydroxyl groups is 1. The standard InChI is InChI=1S/C15H32O3/c1-11(2)8-15(7,12(3)4)18-14(6)10-17-13(5)9-16/h11-14,16H,8-10H2,1-7H3. The molecule has 0 saturated carbocycles. The van der Waals surface area contributed by atoms with Crippen LogP contribution in [0.5, 0.6) is 0 Å². The minimum absolute atomic E-state index is 0.0464. The molecular weight excluding hydrogens is 228 g/mol. The predicted molar refractivity (Wildman–Crippen MR) is 75.7 cm³/mol. The summed E-state index contributed by atoms with van der Waals surface area (Å²) in [5.74, 6) is 1.08. The van der Waals surface area contributed by atoms with Crippen LogP contribution >= 0.6 is 0 Å². The van der Waals surface area contributed by atoms with E-state index in [1.807, 2.05) is 13.8 Å². The second-order valence-corrected chi connectivity index (χ2v) is 6.32. The lowest BCUT2D eigenvalue weighted by Gasteiger charge is -2.38. The Morgan fingerprint density at radius 3 is 1.94 bits per heavy atom. The molecule has 0 amide bonds. The molecule has 0 saturated heterocycles. The lowest BCUT2D eigenvalue weighted by Crippen LogP contribution is -2.41. The molecule has 3 heteroatoms. The molecule has 0 aliphatic heterocycles. The van der Waals surface area contributed by atoms with Gasteiger partial charge in [-0.3, -0.25) is 0 Å². The Bertz CT molecular complexity index is 216. The molecule has 110 valence electrons. The first-order valence-electron chi connectivity index (χ1n) is 7.11. The molecule has 0 radical (unpaired) electrons. The highest BCUT2D eigenvalue weighted by atomic mass is 16.6. The van der Waals surface area contributed by atoms with Crippen LogP contribution in [0, 0.1) is 11.8 Å². The smallest absolute Gasteiger partial charge is 0.0788 e. The second-order valence-electron chi connectivity index (χ2n) is 6.32. The largest absolute Gasteiger partial charge is 0.394 e. The van der Waals surface area contributed by atoms with Crippen molar-refractivity contribution in [3.8, 4) is 0 Å². The highest BCUT2D eigenvalue weighted by Gasteiger charge is 2.32. The number of aliphatic hydroxyl groups excluding tert-OH is 1. The molecule has 18 heavy (non-hydrogen) atoms. The molecule has 0 spiro atoms. The zero-order valence-corrected chi connectivity index (χ0v) is 13.2. The maximum absolute atomic E-state index is 8.92. The fraction of sp³-hybridized carbons (Fsp3) is 1.00. The summed E-state index contributed by atoms with van der Waals surface area (Å²) in [6.45, 7) is 15.5. The van der Waals surface area contributed by atoms with Gasteiger partial charge in [-0.25, -0.2) is 0 Å². The number of rotatable bonds is 9. The van der Waals surface area contributed by atoms with Crippen molar-refractivity contribution in [3.05, 3.63) is 0 Å². The molecule has 3 nitrogen and oxygen atoms in total. The van der Waals surface area contributed by atoms with Gasteiger partial charge in [0.25, 0.3) is 0 Å². The molecule has 0 rings (SSSR count). The van der Waals surface area contributed by atoms with E-state index in [-0.39, 0.29) is 24.4 Å². The SMILES string of the molecule is CC(C)CC(C)(OC(C)COC(C)CO)C(C)C. The molecule has 0 heterocycles. The van der Waals surface area contributed by atoms with E-state index in [0.29, 0.717) is 18.4 Å². The molecule has 0 aliphatic carbocycles. The lowest BCUT2D eigenvalue weighted by atomic mass is 9.84. The molecule has 0 aromatic rings. The fourth-order valence-corrected chi connectivity index (χ4v) is 2.08. The van der Waals surface area contributed by atoms with Crippen LogP contribution in [-0.4, -0.2) is 36.1 Å². The van der Waals surface area contributed by atoms with Crippen LogP contribution in [0.4, 0.5) is 0 Å². The van der Waals surface area contributed by atoms with Crippen molar-refractivity contribution in [1.29, 1.82) is 0 Å². The second kappa shape index (κ2) is 8.13. The highest BCUT2D eigenvalue weighted by molar-refractivity contribution is 4.81. The molecular formula is C15H32O3. The van der Waals surface area contributed by atoms with Gasteiger partial charge >= 0.3 is 0 Å². The third-order valence-electron chi connectivity index (χ3n) is 3.38. The van der Waals surface area contributed by atoms with E-state index in [2.05, 4.69) is 34.6 Å². The Morgan fingerprint density at radius 1 is 1.00 bits per heavy atom. The van der Waals surface area contributed by atoms with E-state index < -0.39 is 0 Å². The Balaban J connectivity index is 4.31. The number of hydrogen-bond acceptors (Lipinski definition) is 3. The minimum atomic E-state index is -0.119. The van der Waals surface area contributed by atoms with Gasteiger partial charge in [-0.05, 0) is 39.0 Å². The molecule has 0 aromatic carbocycles.